The van der Waals surface area contributed by atoms with Gasteiger partial charge in [-0.15, -0.1) is 5.06 Å². The Hall–Kier alpha value is -1.55. The summed E-state index contributed by atoms with van der Waals surface area (Å²) in [6.45, 7) is 2.60. The lowest BCUT2D eigenvalue weighted by molar-refractivity contribution is -0.127. The van der Waals surface area contributed by atoms with Gasteiger partial charge in [-0.2, -0.15) is 0 Å². The maximum atomic E-state index is 12.7. The molecular formula is C22H30N2O2. The minimum atomic E-state index is -0.130. The van der Waals surface area contributed by atoms with E-state index < -0.39 is 0 Å². The topological polar surface area (TPSA) is 32.8 Å². The van der Waals surface area contributed by atoms with Gasteiger partial charge in [0.15, 0.2) is 0 Å². The van der Waals surface area contributed by atoms with E-state index in [9.17, 15) is 4.79 Å². The van der Waals surface area contributed by atoms with Crippen LogP contribution in [0.25, 0.3) is 0 Å². The van der Waals surface area contributed by atoms with E-state index >= 15 is 0 Å². The van der Waals surface area contributed by atoms with Crippen molar-refractivity contribution in [3.05, 3.63) is 35.4 Å². The molecule has 2 saturated heterocycles. The van der Waals surface area contributed by atoms with E-state index in [0.29, 0.717) is 5.41 Å². The Bertz CT molecular complexity index is 670. The molecule has 2 aliphatic carbocycles. The fourth-order valence-corrected chi connectivity index (χ4v) is 5.24. The molecular weight excluding hydrogens is 324 g/mol. The molecule has 140 valence electrons. The molecule has 0 N–H and O–H groups in total. The van der Waals surface area contributed by atoms with E-state index in [1.165, 1.54) is 43.2 Å². The average Bonchev–Trinajstić information content (AvgIpc) is 3.40. The van der Waals surface area contributed by atoms with Crippen LogP contribution in [-0.2, 0) is 4.84 Å². The third-order valence-electron chi connectivity index (χ3n) is 7.27. The number of hydroxylamine groups is 2. The Kier molecular flexibility index (Phi) is 4.19. The highest BCUT2D eigenvalue weighted by Gasteiger charge is 2.41. The summed E-state index contributed by atoms with van der Waals surface area (Å²) in [6, 6.07) is 9.02. The van der Waals surface area contributed by atoms with Crippen molar-refractivity contribution in [3.8, 4) is 0 Å². The SMILES string of the molecule is O=C(ON1CCCC1c1ccccc1C1CC1)N1CCC2(CCC2)CC1. The molecule has 4 heteroatoms. The molecule has 1 unspecified atom stereocenters. The van der Waals surface area contributed by atoms with Crippen LogP contribution in [0, 0.1) is 5.41 Å². The summed E-state index contributed by atoms with van der Waals surface area (Å²) < 4.78 is 0. The first-order valence-electron chi connectivity index (χ1n) is 10.6. The van der Waals surface area contributed by atoms with Crippen LogP contribution in [0.2, 0.25) is 0 Å². The third-order valence-corrected chi connectivity index (χ3v) is 7.27. The van der Waals surface area contributed by atoms with Crippen LogP contribution in [0.1, 0.15) is 80.9 Å². The third kappa shape index (κ3) is 3.02. The van der Waals surface area contributed by atoms with Gasteiger partial charge in [0.05, 0.1) is 6.04 Å². The summed E-state index contributed by atoms with van der Waals surface area (Å²) in [7, 11) is 0. The van der Waals surface area contributed by atoms with Crippen LogP contribution in [0.15, 0.2) is 24.3 Å². The molecule has 1 atom stereocenters. The van der Waals surface area contributed by atoms with Crippen molar-refractivity contribution in [3.63, 3.8) is 0 Å². The Labute approximate surface area is 156 Å². The Morgan fingerprint density at radius 1 is 0.923 bits per heavy atom. The largest absolute Gasteiger partial charge is 0.428 e. The number of hydrogen-bond acceptors (Lipinski definition) is 3. The number of carbonyl (C=O) groups excluding carboxylic acids is 1. The molecule has 0 aromatic heterocycles. The predicted molar refractivity (Wildman–Crippen MR) is 101 cm³/mol. The highest BCUT2D eigenvalue weighted by molar-refractivity contribution is 5.67. The molecule has 4 fully saturated rings. The van der Waals surface area contributed by atoms with Gasteiger partial charge in [0.25, 0.3) is 0 Å². The smallest absolute Gasteiger partial charge is 0.350 e. The normalized spacial score (nSPS) is 28.2. The van der Waals surface area contributed by atoms with Gasteiger partial charge >= 0.3 is 6.09 Å². The van der Waals surface area contributed by atoms with E-state index in [1.807, 2.05) is 9.96 Å². The molecule has 5 rings (SSSR count). The van der Waals surface area contributed by atoms with E-state index in [4.69, 9.17) is 4.84 Å². The summed E-state index contributed by atoms with van der Waals surface area (Å²) in [4.78, 5) is 20.6. The first kappa shape index (κ1) is 16.6. The van der Waals surface area contributed by atoms with Gasteiger partial charge in [-0.05, 0) is 73.8 Å². The highest BCUT2D eigenvalue weighted by Crippen LogP contribution is 2.49. The van der Waals surface area contributed by atoms with Crippen LogP contribution < -0.4 is 0 Å². The van der Waals surface area contributed by atoms with Crippen LogP contribution in [0.5, 0.6) is 0 Å². The van der Waals surface area contributed by atoms with E-state index in [0.717, 1.165) is 51.2 Å². The summed E-state index contributed by atoms with van der Waals surface area (Å²) >= 11 is 0. The fraction of sp³-hybridized carbons (Fsp3) is 0.682. The van der Waals surface area contributed by atoms with E-state index in [2.05, 4.69) is 24.3 Å². The molecule has 2 heterocycles. The Morgan fingerprint density at radius 3 is 2.31 bits per heavy atom. The van der Waals surface area contributed by atoms with Gasteiger partial charge < -0.3 is 9.74 Å². The molecule has 2 saturated carbocycles. The van der Waals surface area contributed by atoms with Crippen molar-refractivity contribution < 1.29 is 9.63 Å². The molecule has 0 bridgehead atoms. The van der Waals surface area contributed by atoms with Gasteiger partial charge in [-0.25, -0.2) is 4.79 Å². The zero-order valence-corrected chi connectivity index (χ0v) is 15.7. The molecule has 1 spiro atoms. The van der Waals surface area contributed by atoms with Gasteiger partial charge in [-0.3, -0.25) is 0 Å². The molecule has 26 heavy (non-hydrogen) atoms. The quantitative estimate of drug-likeness (QED) is 0.764. The number of nitrogens with zero attached hydrogens (tertiary/aromatic N) is 2. The second-order valence-electron chi connectivity index (χ2n) is 8.90. The van der Waals surface area contributed by atoms with E-state index in [-0.39, 0.29) is 12.1 Å². The minimum absolute atomic E-state index is 0.130. The van der Waals surface area contributed by atoms with Gasteiger partial charge in [0, 0.05) is 19.6 Å². The average molecular weight is 354 g/mol. The first-order chi connectivity index (χ1) is 12.7. The van der Waals surface area contributed by atoms with Crippen molar-refractivity contribution in [2.45, 2.75) is 69.7 Å². The van der Waals surface area contributed by atoms with Crippen molar-refractivity contribution in [2.75, 3.05) is 19.6 Å². The maximum Gasteiger partial charge on any atom is 0.428 e. The lowest BCUT2D eigenvalue weighted by Gasteiger charge is -2.47. The zero-order valence-electron chi connectivity index (χ0n) is 15.7. The number of hydrogen-bond donors (Lipinski definition) is 0. The van der Waals surface area contributed by atoms with Gasteiger partial charge in [0.2, 0.25) is 0 Å². The van der Waals surface area contributed by atoms with Crippen molar-refractivity contribution >= 4 is 6.09 Å². The number of carbonyl (C=O) groups is 1. The monoisotopic (exact) mass is 354 g/mol. The Balaban J connectivity index is 1.24. The predicted octanol–water partition coefficient (Wildman–Crippen LogP) is 5.02. The number of amides is 1. The highest BCUT2D eigenvalue weighted by atomic mass is 16.7. The van der Waals surface area contributed by atoms with Crippen LogP contribution in [-0.4, -0.2) is 35.7 Å². The fourth-order valence-electron chi connectivity index (χ4n) is 5.24. The molecule has 1 aromatic carbocycles. The van der Waals surface area contributed by atoms with Crippen molar-refractivity contribution in [1.29, 1.82) is 0 Å². The van der Waals surface area contributed by atoms with Crippen LogP contribution in [0.3, 0.4) is 0 Å². The summed E-state index contributed by atoms with van der Waals surface area (Å²) in [5.41, 5.74) is 3.42. The van der Waals surface area contributed by atoms with Crippen LogP contribution in [0.4, 0.5) is 4.79 Å². The number of piperidine rings is 1. The number of rotatable bonds is 3. The zero-order chi connectivity index (χ0) is 17.6. The molecule has 4 aliphatic rings. The molecule has 2 aliphatic heterocycles. The van der Waals surface area contributed by atoms with Crippen molar-refractivity contribution in [1.82, 2.24) is 9.96 Å². The first-order valence-corrected chi connectivity index (χ1v) is 10.6. The van der Waals surface area contributed by atoms with Gasteiger partial charge in [-0.1, -0.05) is 30.7 Å². The standard InChI is InChI=1S/C22H30N2O2/c25-21(23-15-12-22(13-16-23)10-4-11-22)26-24-14-3-7-20(24)19-6-2-1-5-18(19)17-8-9-17/h1-2,5-6,17,20H,3-4,7-16H2. The van der Waals surface area contributed by atoms with Crippen LogP contribution >= 0.6 is 0 Å². The minimum Gasteiger partial charge on any atom is -0.350 e. The molecule has 1 aromatic rings. The molecule has 4 nitrogen and oxygen atoms in total. The second kappa shape index (κ2) is 6.56. The second-order valence-corrected chi connectivity index (χ2v) is 8.90. The van der Waals surface area contributed by atoms with Crippen molar-refractivity contribution in [2.24, 2.45) is 5.41 Å². The molecule has 1 amide bonds. The van der Waals surface area contributed by atoms with E-state index in [1.54, 1.807) is 0 Å². The lowest BCUT2D eigenvalue weighted by Crippen LogP contribution is -2.47. The summed E-state index contributed by atoms with van der Waals surface area (Å²) in [6.07, 6.45) is 11.1. The Morgan fingerprint density at radius 2 is 1.65 bits per heavy atom. The van der Waals surface area contributed by atoms with Gasteiger partial charge in [0.1, 0.15) is 0 Å². The summed E-state index contributed by atoms with van der Waals surface area (Å²) in [5.74, 6) is 0.727. The summed E-state index contributed by atoms with van der Waals surface area (Å²) in [5, 5.41) is 1.97. The lowest BCUT2D eigenvalue weighted by atomic mass is 9.63. The maximum absolute atomic E-state index is 12.7. The number of likely N-dealkylation sites (tertiary alicyclic amines) is 1. The molecule has 0 radical (unpaired) electrons. The number of benzene rings is 1.